The first-order chi connectivity index (χ1) is 10.0. The maximum Gasteiger partial charge on any atom is 0.262 e. The number of rotatable bonds is 2. The van der Waals surface area contributed by atoms with E-state index in [-0.39, 0.29) is 12.2 Å². The van der Waals surface area contributed by atoms with Gasteiger partial charge in [-0.2, -0.15) is 5.26 Å². The van der Waals surface area contributed by atoms with Crippen LogP contribution < -0.4 is 0 Å². The van der Waals surface area contributed by atoms with Gasteiger partial charge < -0.3 is 14.5 Å². The van der Waals surface area contributed by atoms with E-state index in [2.05, 4.69) is 11.2 Å². The summed E-state index contributed by atoms with van der Waals surface area (Å²) in [7, 11) is 1.63. The Kier molecular flexibility index (Phi) is 3.00. The third-order valence-electron chi connectivity index (χ3n) is 3.71. The fourth-order valence-electron chi connectivity index (χ4n) is 2.44. The highest BCUT2D eigenvalue weighted by atomic mass is 16.5. The molecular formula is C15H13N3O3. The second-order valence-electron chi connectivity index (χ2n) is 5.11. The first-order valence-corrected chi connectivity index (χ1v) is 6.50. The van der Waals surface area contributed by atoms with Gasteiger partial charge in [-0.1, -0.05) is 17.3 Å². The molecule has 21 heavy (non-hydrogen) atoms. The molecule has 0 aliphatic carbocycles. The summed E-state index contributed by atoms with van der Waals surface area (Å²) in [4.78, 5) is 13.5. The standard InChI is InChI=1S/C15H13N3O3/c1-18-6-5-15(20,14(18)19)13-8-12(17-21-13)11-4-2-3-10(7-11)9-16/h2-4,7-8,20H,5-6H2,1H3/t15-/m1/s1. The summed E-state index contributed by atoms with van der Waals surface area (Å²) in [6.07, 6.45) is 0.273. The molecule has 6 nitrogen and oxygen atoms in total. The van der Waals surface area contributed by atoms with Gasteiger partial charge in [0.1, 0.15) is 5.69 Å². The number of hydrogen-bond acceptors (Lipinski definition) is 5. The molecule has 1 aromatic heterocycles. The van der Waals surface area contributed by atoms with E-state index in [0.717, 1.165) is 0 Å². The molecule has 6 heteroatoms. The number of amides is 1. The van der Waals surface area contributed by atoms with Crippen LogP contribution in [-0.4, -0.2) is 34.7 Å². The summed E-state index contributed by atoms with van der Waals surface area (Å²) in [5.41, 5.74) is 0.0455. The molecule has 1 N–H and O–H groups in total. The summed E-state index contributed by atoms with van der Waals surface area (Å²) >= 11 is 0. The number of nitrogens with zero attached hydrogens (tertiary/aromatic N) is 3. The fourth-order valence-corrected chi connectivity index (χ4v) is 2.44. The van der Waals surface area contributed by atoms with Crippen molar-refractivity contribution in [3.05, 3.63) is 41.7 Å². The van der Waals surface area contributed by atoms with Crippen LogP contribution in [0.1, 0.15) is 17.7 Å². The van der Waals surface area contributed by atoms with Crippen molar-refractivity contribution in [1.82, 2.24) is 10.1 Å². The zero-order chi connectivity index (χ0) is 15.0. The normalized spacial score (nSPS) is 21.6. The smallest absolute Gasteiger partial charge is 0.262 e. The van der Waals surface area contributed by atoms with Crippen molar-refractivity contribution in [3.63, 3.8) is 0 Å². The highest BCUT2D eigenvalue weighted by Gasteiger charge is 2.48. The average molecular weight is 283 g/mol. The number of carbonyl (C=O) groups is 1. The van der Waals surface area contributed by atoms with Crippen LogP contribution in [0.5, 0.6) is 0 Å². The Morgan fingerprint density at radius 2 is 2.29 bits per heavy atom. The summed E-state index contributed by atoms with van der Waals surface area (Å²) in [5.74, 6) is -0.259. The molecule has 1 atom stereocenters. The molecule has 0 spiro atoms. The molecule has 3 rings (SSSR count). The number of aliphatic hydroxyl groups is 1. The topological polar surface area (TPSA) is 90.4 Å². The Labute approximate surface area is 121 Å². The molecule has 106 valence electrons. The molecule has 1 aliphatic rings. The molecule has 0 radical (unpaired) electrons. The van der Waals surface area contributed by atoms with Crippen molar-refractivity contribution < 1.29 is 14.4 Å². The number of nitriles is 1. The van der Waals surface area contributed by atoms with Crippen LogP contribution >= 0.6 is 0 Å². The number of aromatic nitrogens is 1. The Hall–Kier alpha value is -2.65. The first kappa shape index (κ1) is 13.3. The Morgan fingerprint density at radius 3 is 2.95 bits per heavy atom. The second kappa shape index (κ2) is 4.72. The van der Waals surface area contributed by atoms with Gasteiger partial charge in [0, 0.05) is 31.6 Å². The molecule has 2 aromatic rings. The van der Waals surface area contributed by atoms with Crippen molar-refractivity contribution in [2.75, 3.05) is 13.6 Å². The van der Waals surface area contributed by atoms with Gasteiger partial charge in [0.15, 0.2) is 5.76 Å². The minimum atomic E-state index is -1.65. The largest absolute Gasteiger partial charge is 0.373 e. The number of carbonyl (C=O) groups excluding carboxylic acids is 1. The van der Waals surface area contributed by atoms with Gasteiger partial charge in [-0.3, -0.25) is 4.79 Å². The molecule has 1 aromatic carbocycles. The van der Waals surface area contributed by atoms with Crippen molar-refractivity contribution in [2.45, 2.75) is 12.0 Å². The number of benzene rings is 1. The van der Waals surface area contributed by atoms with Gasteiger partial charge >= 0.3 is 0 Å². The van der Waals surface area contributed by atoms with E-state index in [9.17, 15) is 9.90 Å². The Balaban J connectivity index is 1.97. The van der Waals surface area contributed by atoms with Gasteiger partial charge in [-0.05, 0) is 12.1 Å². The van der Waals surface area contributed by atoms with E-state index in [1.807, 2.05) is 0 Å². The zero-order valence-electron chi connectivity index (χ0n) is 11.4. The summed E-state index contributed by atoms with van der Waals surface area (Å²) in [5, 5.41) is 23.3. The lowest BCUT2D eigenvalue weighted by Crippen LogP contribution is -2.35. The van der Waals surface area contributed by atoms with E-state index in [1.165, 1.54) is 4.90 Å². The molecular weight excluding hydrogens is 270 g/mol. The molecule has 1 saturated heterocycles. The van der Waals surface area contributed by atoms with Gasteiger partial charge in [-0.15, -0.1) is 0 Å². The van der Waals surface area contributed by atoms with Gasteiger partial charge in [0.25, 0.3) is 5.91 Å². The minimum absolute atomic E-state index is 0.134. The van der Waals surface area contributed by atoms with E-state index < -0.39 is 11.5 Å². The van der Waals surface area contributed by atoms with E-state index >= 15 is 0 Å². The van der Waals surface area contributed by atoms with Crippen molar-refractivity contribution in [3.8, 4) is 17.3 Å². The van der Waals surface area contributed by atoms with E-state index in [4.69, 9.17) is 9.78 Å². The fraction of sp³-hybridized carbons (Fsp3) is 0.267. The van der Waals surface area contributed by atoms with Crippen molar-refractivity contribution in [1.29, 1.82) is 5.26 Å². The van der Waals surface area contributed by atoms with Crippen LogP contribution in [0, 0.1) is 11.3 Å². The monoisotopic (exact) mass is 283 g/mol. The van der Waals surface area contributed by atoms with Crippen LogP contribution in [-0.2, 0) is 10.4 Å². The molecule has 1 aliphatic heterocycles. The Bertz CT molecular complexity index is 747. The molecule has 2 heterocycles. The first-order valence-electron chi connectivity index (χ1n) is 6.50. The number of likely N-dealkylation sites (N-methyl/N-ethyl adjacent to an activating group) is 1. The highest BCUT2D eigenvalue weighted by Crippen LogP contribution is 2.34. The minimum Gasteiger partial charge on any atom is -0.373 e. The third-order valence-corrected chi connectivity index (χ3v) is 3.71. The SMILES string of the molecule is CN1CC[C@@](O)(c2cc(-c3cccc(C#N)c3)no2)C1=O. The number of hydrogen-bond donors (Lipinski definition) is 1. The quantitative estimate of drug-likeness (QED) is 0.896. The maximum atomic E-state index is 12.0. The third kappa shape index (κ3) is 2.08. The molecule has 0 saturated carbocycles. The number of likely N-dealkylation sites (tertiary alicyclic amines) is 1. The second-order valence-corrected chi connectivity index (χ2v) is 5.11. The predicted molar refractivity (Wildman–Crippen MR) is 72.8 cm³/mol. The molecule has 0 bridgehead atoms. The van der Waals surface area contributed by atoms with Crippen LogP contribution in [0.2, 0.25) is 0 Å². The lowest BCUT2D eigenvalue weighted by Gasteiger charge is -2.16. The summed E-state index contributed by atoms with van der Waals surface area (Å²) in [6.45, 7) is 0.468. The molecule has 0 unspecified atom stereocenters. The van der Waals surface area contributed by atoms with Crippen molar-refractivity contribution >= 4 is 5.91 Å². The van der Waals surface area contributed by atoms with Crippen LogP contribution in [0.15, 0.2) is 34.9 Å². The van der Waals surface area contributed by atoms with Crippen LogP contribution in [0.25, 0.3) is 11.3 Å². The Morgan fingerprint density at radius 1 is 1.48 bits per heavy atom. The van der Waals surface area contributed by atoms with Crippen molar-refractivity contribution in [2.24, 2.45) is 0 Å². The molecule has 1 fully saturated rings. The predicted octanol–water partition coefficient (Wildman–Crippen LogP) is 1.26. The molecule has 1 amide bonds. The maximum absolute atomic E-state index is 12.0. The van der Waals surface area contributed by atoms with Gasteiger partial charge in [0.2, 0.25) is 5.60 Å². The lowest BCUT2D eigenvalue weighted by molar-refractivity contribution is -0.144. The zero-order valence-corrected chi connectivity index (χ0v) is 11.4. The lowest BCUT2D eigenvalue weighted by atomic mass is 9.98. The van der Waals surface area contributed by atoms with Crippen LogP contribution in [0.4, 0.5) is 0 Å². The summed E-state index contributed by atoms with van der Waals surface area (Å²) in [6, 6.07) is 10.5. The van der Waals surface area contributed by atoms with E-state index in [1.54, 1.807) is 37.4 Å². The average Bonchev–Trinajstić information content (AvgIpc) is 3.10. The highest BCUT2D eigenvalue weighted by molar-refractivity contribution is 5.87. The van der Waals surface area contributed by atoms with E-state index in [0.29, 0.717) is 23.4 Å². The van der Waals surface area contributed by atoms with Crippen LogP contribution in [0.3, 0.4) is 0 Å². The summed E-state index contributed by atoms with van der Waals surface area (Å²) < 4.78 is 5.17. The van der Waals surface area contributed by atoms with Gasteiger partial charge in [-0.25, -0.2) is 0 Å². The van der Waals surface area contributed by atoms with Gasteiger partial charge in [0.05, 0.1) is 11.6 Å².